The molecule has 80 heavy (non-hydrogen) atoms. The minimum Gasteiger partial charge on any atom is -0.456 e. The molecule has 3 aromatic heterocycles. The monoisotopic (exact) mass is 1020 g/mol. The highest BCUT2D eigenvalue weighted by Crippen LogP contribution is 2.46. The molecule has 0 radical (unpaired) electrons. The van der Waals surface area contributed by atoms with Gasteiger partial charge in [-0.05, 0) is 110 Å². The molecule has 11 aromatic carbocycles. The van der Waals surface area contributed by atoms with E-state index in [1.165, 1.54) is 0 Å². The van der Waals surface area contributed by atoms with Crippen LogP contribution in [0, 0.1) is 0 Å². The quantitative estimate of drug-likeness (QED) is 0.114. The molecular formula is C75H50N4O. The zero-order valence-electron chi connectivity index (χ0n) is 43.7. The van der Waals surface area contributed by atoms with Crippen LogP contribution in [-0.2, 0) is 0 Å². The lowest BCUT2D eigenvalue weighted by Gasteiger charge is -2.21. The van der Waals surface area contributed by atoms with Crippen molar-refractivity contribution >= 4 is 49.3 Å². The number of hydrogen-bond acceptors (Lipinski definition) is 4. The summed E-state index contributed by atoms with van der Waals surface area (Å²) in [4.78, 5) is 16.0. The van der Waals surface area contributed by atoms with Crippen LogP contribution in [0.5, 0.6) is 0 Å². The molecule has 0 fully saturated rings. The Bertz CT molecular complexity index is 4590. The number of furan rings is 1. The second kappa shape index (κ2) is 20.3. The molecule has 0 amide bonds. The van der Waals surface area contributed by atoms with E-state index >= 15 is 0 Å². The maximum atomic E-state index is 6.43. The predicted molar refractivity (Wildman–Crippen MR) is 333 cm³/mol. The van der Waals surface area contributed by atoms with Crippen LogP contribution >= 0.6 is 0 Å². The predicted octanol–water partition coefficient (Wildman–Crippen LogP) is 20.0. The molecule has 0 aliphatic heterocycles. The summed E-state index contributed by atoms with van der Waals surface area (Å²) >= 11 is 0. The van der Waals surface area contributed by atoms with Gasteiger partial charge in [0.05, 0.1) is 16.7 Å². The standard InChI is InChI=1S/C75H50N4O/c1-3-4-19-49(2)58-39-42-68-66(44-58)67-45-59(52-24-13-7-14-25-52)40-43-69(67)79(68)72-64(55-34-30-53(31-35-55)50-20-9-5-10-21-50)46-61(47-65(72)56-36-32-54(33-37-56)51-22-11-6-12-23-51)75-77-73(57-26-15-8-16-27-57)76-74(78-75)60-38-41-63-62-28-17-18-29-70(62)80-71(63)48-60/h3-48H,1-2H2/b19-4-. The Labute approximate surface area is 464 Å². The summed E-state index contributed by atoms with van der Waals surface area (Å²) < 4.78 is 8.90. The molecule has 0 spiro atoms. The van der Waals surface area contributed by atoms with Gasteiger partial charge >= 0.3 is 0 Å². The Balaban J connectivity index is 1.07. The number of para-hydroxylation sites is 1. The molecular weight excluding hydrogens is 973 g/mol. The van der Waals surface area contributed by atoms with Gasteiger partial charge in [0.25, 0.3) is 0 Å². The third-order valence-corrected chi connectivity index (χ3v) is 15.2. The van der Waals surface area contributed by atoms with Crippen LogP contribution in [0.25, 0.3) is 145 Å². The highest BCUT2D eigenvalue weighted by molar-refractivity contribution is 6.13. The summed E-state index contributed by atoms with van der Waals surface area (Å²) in [5, 5.41) is 4.34. The average molecular weight is 1020 g/mol. The number of benzene rings is 11. The summed E-state index contributed by atoms with van der Waals surface area (Å²) in [5.74, 6) is 1.65. The van der Waals surface area contributed by atoms with Crippen LogP contribution in [0.3, 0.4) is 0 Å². The highest BCUT2D eigenvalue weighted by atomic mass is 16.3. The fourth-order valence-electron chi connectivity index (χ4n) is 11.2. The van der Waals surface area contributed by atoms with Crippen LogP contribution < -0.4 is 0 Å². The molecule has 5 nitrogen and oxygen atoms in total. The number of hydrogen-bond donors (Lipinski definition) is 0. The van der Waals surface area contributed by atoms with Crippen molar-refractivity contribution < 1.29 is 4.42 Å². The Morgan fingerprint density at radius 1 is 0.350 bits per heavy atom. The van der Waals surface area contributed by atoms with Crippen molar-refractivity contribution in [3.8, 4) is 95.5 Å². The van der Waals surface area contributed by atoms with E-state index in [9.17, 15) is 0 Å². The smallest absolute Gasteiger partial charge is 0.164 e. The Morgan fingerprint density at radius 2 is 0.787 bits per heavy atom. The first-order valence-electron chi connectivity index (χ1n) is 26.9. The lowest BCUT2D eigenvalue weighted by atomic mass is 9.91. The number of nitrogens with zero attached hydrogens (tertiary/aromatic N) is 4. The molecule has 0 saturated carbocycles. The van der Waals surface area contributed by atoms with Gasteiger partial charge in [-0.1, -0.05) is 238 Å². The van der Waals surface area contributed by atoms with Gasteiger partial charge in [0.2, 0.25) is 0 Å². The van der Waals surface area contributed by atoms with Gasteiger partial charge in [-0.3, -0.25) is 0 Å². The van der Waals surface area contributed by atoms with Crippen molar-refractivity contribution in [2.75, 3.05) is 0 Å². The number of aromatic nitrogens is 4. The fraction of sp³-hybridized carbons (Fsp3) is 0. The molecule has 14 aromatic rings. The largest absolute Gasteiger partial charge is 0.456 e. The van der Waals surface area contributed by atoms with E-state index in [4.69, 9.17) is 19.4 Å². The summed E-state index contributed by atoms with van der Waals surface area (Å²) in [7, 11) is 0. The van der Waals surface area contributed by atoms with E-state index in [1.807, 2.05) is 54.6 Å². The third kappa shape index (κ3) is 8.79. The number of allylic oxidation sites excluding steroid dienone is 4. The zero-order chi connectivity index (χ0) is 53.5. The van der Waals surface area contributed by atoms with E-state index in [0.29, 0.717) is 17.5 Å². The summed E-state index contributed by atoms with van der Waals surface area (Å²) in [5.41, 5.74) is 20.1. The molecule has 0 bridgehead atoms. The van der Waals surface area contributed by atoms with Gasteiger partial charge < -0.3 is 8.98 Å². The van der Waals surface area contributed by atoms with E-state index in [0.717, 1.165) is 133 Å². The van der Waals surface area contributed by atoms with Crippen LogP contribution in [0.2, 0.25) is 0 Å². The SMILES string of the molecule is C=C/C=C\C(=C)c1ccc2c(c1)c1cc(-c3ccccc3)ccc1n2-c1c(-c2ccc(-c3ccccc3)cc2)cc(-c2nc(-c3ccccc3)nc(-c3ccc4c(c3)oc3ccccc34)n2)cc1-c1ccc(-c2ccccc2)cc1. The summed E-state index contributed by atoms with van der Waals surface area (Å²) in [6.07, 6.45) is 5.74. The van der Waals surface area contributed by atoms with Crippen molar-refractivity contribution in [2.45, 2.75) is 0 Å². The first-order chi connectivity index (χ1) is 39.5. The van der Waals surface area contributed by atoms with Gasteiger partial charge in [0.1, 0.15) is 11.2 Å². The Hall–Kier alpha value is -10.8. The Kier molecular flexibility index (Phi) is 12.1. The van der Waals surface area contributed by atoms with Crippen LogP contribution in [0.15, 0.2) is 297 Å². The molecule has 0 N–H and O–H groups in total. The summed E-state index contributed by atoms with van der Waals surface area (Å²) in [6, 6.07) is 92.3. The second-order valence-corrected chi connectivity index (χ2v) is 20.1. The van der Waals surface area contributed by atoms with Crippen molar-refractivity contribution in [3.63, 3.8) is 0 Å². The lowest BCUT2D eigenvalue weighted by Crippen LogP contribution is -2.04. The molecule has 3 heterocycles. The van der Waals surface area contributed by atoms with E-state index < -0.39 is 0 Å². The van der Waals surface area contributed by atoms with E-state index in [-0.39, 0.29) is 0 Å². The first-order valence-corrected chi connectivity index (χ1v) is 26.9. The maximum absolute atomic E-state index is 6.43. The zero-order valence-corrected chi connectivity index (χ0v) is 43.7. The van der Waals surface area contributed by atoms with Gasteiger partial charge in [-0.15, -0.1) is 0 Å². The lowest BCUT2D eigenvalue weighted by molar-refractivity contribution is 0.669. The molecule has 0 saturated heterocycles. The molecule has 0 aliphatic rings. The highest BCUT2D eigenvalue weighted by Gasteiger charge is 2.25. The third-order valence-electron chi connectivity index (χ3n) is 15.2. The van der Waals surface area contributed by atoms with E-state index in [1.54, 1.807) is 6.08 Å². The molecule has 14 rings (SSSR count). The van der Waals surface area contributed by atoms with Gasteiger partial charge in [-0.2, -0.15) is 0 Å². The van der Waals surface area contributed by atoms with Gasteiger partial charge in [0.15, 0.2) is 17.5 Å². The number of rotatable bonds is 12. The van der Waals surface area contributed by atoms with E-state index in [2.05, 4.69) is 236 Å². The van der Waals surface area contributed by atoms with Crippen LogP contribution in [0.1, 0.15) is 5.56 Å². The topological polar surface area (TPSA) is 56.7 Å². The van der Waals surface area contributed by atoms with Gasteiger partial charge in [-0.25, -0.2) is 15.0 Å². The first kappa shape index (κ1) is 47.7. The normalized spacial score (nSPS) is 11.6. The van der Waals surface area contributed by atoms with Crippen molar-refractivity contribution in [2.24, 2.45) is 0 Å². The molecule has 0 aliphatic carbocycles. The van der Waals surface area contributed by atoms with Crippen molar-refractivity contribution in [1.82, 2.24) is 19.5 Å². The molecule has 5 heteroatoms. The molecule has 376 valence electrons. The van der Waals surface area contributed by atoms with Crippen LogP contribution in [0.4, 0.5) is 0 Å². The minimum absolute atomic E-state index is 0.541. The van der Waals surface area contributed by atoms with Crippen molar-refractivity contribution in [3.05, 3.63) is 298 Å². The van der Waals surface area contributed by atoms with Gasteiger partial charge in [0, 0.05) is 49.4 Å². The Morgan fingerprint density at radius 3 is 1.38 bits per heavy atom. The molecule has 0 unspecified atom stereocenters. The summed E-state index contributed by atoms with van der Waals surface area (Å²) in [6.45, 7) is 8.43. The number of fused-ring (bicyclic) bond motifs is 6. The van der Waals surface area contributed by atoms with Crippen molar-refractivity contribution in [1.29, 1.82) is 0 Å². The average Bonchev–Trinajstić information content (AvgIpc) is 4.16. The minimum atomic E-state index is 0.541. The van der Waals surface area contributed by atoms with Crippen LogP contribution in [-0.4, -0.2) is 19.5 Å². The maximum Gasteiger partial charge on any atom is 0.164 e. The fourth-order valence-corrected chi connectivity index (χ4v) is 11.2. The second-order valence-electron chi connectivity index (χ2n) is 20.1. The molecule has 0 atom stereocenters.